The number of carbonyl (C=O) groups is 1. The Morgan fingerprint density at radius 1 is 1.47 bits per heavy atom. The highest BCUT2D eigenvalue weighted by molar-refractivity contribution is 7.80. The minimum absolute atomic E-state index is 0.285. The van der Waals surface area contributed by atoms with E-state index >= 15 is 0 Å². The van der Waals surface area contributed by atoms with Gasteiger partial charge in [-0.2, -0.15) is 18.5 Å². The van der Waals surface area contributed by atoms with E-state index < -0.39 is 22.5 Å². The lowest BCUT2D eigenvalue weighted by Gasteiger charge is -2.27. The van der Waals surface area contributed by atoms with Crippen LogP contribution in [0.2, 0.25) is 0 Å². The Morgan fingerprint density at radius 3 is 2.89 bits per heavy atom. The third-order valence-electron chi connectivity index (χ3n) is 3.17. The van der Waals surface area contributed by atoms with Gasteiger partial charge >= 0.3 is 16.4 Å². The predicted octanol–water partition coefficient (Wildman–Crippen LogP) is -0.255. The Kier molecular flexibility index (Phi) is 2.69. The van der Waals surface area contributed by atoms with Gasteiger partial charge in [-0.3, -0.25) is 4.55 Å². The smallest absolute Gasteiger partial charge is 0.343 e. The number of hydroxylamine groups is 2. The van der Waals surface area contributed by atoms with Crippen molar-refractivity contribution < 1.29 is 26.6 Å². The van der Waals surface area contributed by atoms with Crippen molar-refractivity contribution in [2.45, 2.75) is 24.9 Å². The molecule has 104 valence electrons. The van der Waals surface area contributed by atoms with Gasteiger partial charge in [0.2, 0.25) is 6.39 Å². The van der Waals surface area contributed by atoms with Gasteiger partial charge in [-0.05, 0) is 12.8 Å². The molecule has 0 spiro atoms. The summed E-state index contributed by atoms with van der Waals surface area (Å²) < 4.78 is 39.0. The van der Waals surface area contributed by atoms with E-state index in [1.165, 1.54) is 4.90 Å². The van der Waals surface area contributed by atoms with Crippen LogP contribution in [0.4, 0.5) is 4.79 Å². The summed E-state index contributed by atoms with van der Waals surface area (Å²) >= 11 is 0. The van der Waals surface area contributed by atoms with Crippen molar-refractivity contribution in [3.05, 3.63) is 12.2 Å². The maximum atomic E-state index is 12.0. The molecule has 2 atom stereocenters. The van der Waals surface area contributed by atoms with Crippen molar-refractivity contribution in [2.75, 3.05) is 6.54 Å². The first-order valence-corrected chi connectivity index (χ1v) is 6.85. The van der Waals surface area contributed by atoms with Gasteiger partial charge in [-0.25, -0.2) is 4.79 Å². The molecule has 11 heteroatoms. The minimum atomic E-state index is -4.72. The lowest BCUT2D eigenvalue weighted by molar-refractivity contribution is -0.0317. The van der Waals surface area contributed by atoms with Crippen molar-refractivity contribution in [1.29, 1.82) is 0 Å². The Labute approximate surface area is 107 Å². The molecule has 2 aliphatic heterocycles. The summed E-state index contributed by atoms with van der Waals surface area (Å²) in [5.74, 6) is 0.362. The summed E-state index contributed by atoms with van der Waals surface area (Å²) in [5, 5.41) is 4.36. The van der Waals surface area contributed by atoms with Crippen LogP contribution in [-0.2, 0) is 14.7 Å². The number of rotatable bonds is 3. The molecule has 1 N–H and O–H groups in total. The minimum Gasteiger partial charge on any atom is -0.343 e. The fourth-order valence-corrected chi connectivity index (χ4v) is 2.81. The summed E-state index contributed by atoms with van der Waals surface area (Å²) in [7, 11) is -4.72. The van der Waals surface area contributed by atoms with Crippen molar-refractivity contribution >= 4 is 16.4 Å². The van der Waals surface area contributed by atoms with Crippen LogP contribution in [0.1, 0.15) is 24.7 Å². The van der Waals surface area contributed by atoms with E-state index in [9.17, 15) is 13.2 Å². The number of hydrogen-bond acceptors (Lipinski definition) is 7. The number of piperidine rings is 1. The van der Waals surface area contributed by atoms with Gasteiger partial charge in [0.25, 0.3) is 0 Å². The first-order chi connectivity index (χ1) is 8.96. The first-order valence-electron chi connectivity index (χ1n) is 5.49. The fraction of sp³-hybridized carbons (Fsp3) is 0.625. The van der Waals surface area contributed by atoms with Gasteiger partial charge in [-0.15, -0.1) is 4.28 Å². The molecule has 0 saturated carbocycles. The van der Waals surface area contributed by atoms with Crippen molar-refractivity contribution in [1.82, 2.24) is 20.1 Å². The first kappa shape index (κ1) is 12.3. The molecule has 2 aliphatic rings. The van der Waals surface area contributed by atoms with Gasteiger partial charge in [0.05, 0.1) is 12.1 Å². The van der Waals surface area contributed by atoms with E-state index in [4.69, 9.17) is 4.55 Å². The molecule has 2 saturated heterocycles. The fourth-order valence-electron chi connectivity index (χ4n) is 2.43. The zero-order valence-electron chi connectivity index (χ0n) is 9.54. The number of amides is 2. The Bertz CT molecular complexity index is 586. The molecule has 1 aromatic heterocycles. The zero-order chi connectivity index (χ0) is 13.6. The van der Waals surface area contributed by atoms with E-state index in [1.807, 2.05) is 0 Å². The van der Waals surface area contributed by atoms with Crippen LogP contribution in [0.15, 0.2) is 10.9 Å². The van der Waals surface area contributed by atoms with E-state index in [0.717, 1.165) is 6.39 Å². The number of nitrogens with zero attached hydrogens (tertiary/aromatic N) is 4. The average Bonchev–Trinajstić information content (AvgIpc) is 2.93. The third-order valence-corrected chi connectivity index (χ3v) is 3.52. The van der Waals surface area contributed by atoms with Crippen LogP contribution in [0, 0.1) is 0 Å². The van der Waals surface area contributed by atoms with E-state index in [1.54, 1.807) is 0 Å². The van der Waals surface area contributed by atoms with Gasteiger partial charge in [0.15, 0.2) is 5.82 Å². The molecule has 1 aromatic rings. The summed E-state index contributed by atoms with van der Waals surface area (Å²) in [5.41, 5.74) is 0. The number of carbonyl (C=O) groups excluding carboxylic acids is 1. The second kappa shape index (κ2) is 4.15. The second-order valence-electron chi connectivity index (χ2n) is 4.30. The monoisotopic (exact) mass is 290 g/mol. The Hall–Kier alpha value is -1.72. The van der Waals surface area contributed by atoms with Crippen molar-refractivity contribution in [3.8, 4) is 0 Å². The summed E-state index contributed by atoms with van der Waals surface area (Å²) in [6, 6.07) is -1.44. The third kappa shape index (κ3) is 2.15. The molecule has 2 bridgehead atoms. The second-order valence-corrected chi connectivity index (χ2v) is 5.30. The van der Waals surface area contributed by atoms with Crippen molar-refractivity contribution in [2.24, 2.45) is 0 Å². The van der Waals surface area contributed by atoms with Crippen LogP contribution >= 0.6 is 0 Å². The van der Waals surface area contributed by atoms with E-state index in [-0.39, 0.29) is 12.6 Å². The van der Waals surface area contributed by atoms with Crippen LogP contribution in [0.5, 0.6) is 0 Å². The molecule has 0 aliphatic carbocycles. The Morgan fingerprint density at radius 2 is 2.26 bits per heavy atom. The quantitative estimate of drug-likeness (QED) is 0.755. The van der Waals surface area contributed by atoms with Crippen LogP contribution in [-0.4, -0.2) is 51.7 Å². The van der Waals surface area contributed by atoms with Gasteiger partial charge in [0, 0.05) is 6.54 Å². The van der Waals surface area contributed by atoms with Crippen LogP contribution in [0.25, 0.3) is 0 Å². The molecule has 3 rings (SSSR count). The number of urea groups is 1. The predicted molar refractivity (Wildman–Crippen MR) is 56.6 cm³/mol. The lowest BCUT2D eigenvalue weighted by atomic mass is 10.0. The number of hydrogen-bond donors (Lipinski definition) is 1. The van der Waals surface area contributed by atoms with Crippen LogP contribution < -0.4 is 0 Å². The number of aromatic nitrogens is 2. The van der Waals surface area contributed by atoms with Crippen molar-refractivity contribution in [3.63, 3.8) is 0 Å². The molecule has 19 heavy (non-hydrogen) atoms. The summed E-state index contributed by atoms with van der Waals surface area (Å²) in [4.78, 5) is 17.3. The highest BCUT2D eigenvalue weighted by Crippen LogP contribution is 2.37. The topological polar surface area (TPSA) is 126 Å². The summed E-state index contributed by atoms with van der Waals surface area (Å²) in [6.45, 7) is 0.285. The van der Waals surface area contributed by atoms with E-state index in [2.05, 4.69) is 18.9 Å². The van der Waals surface area contributed by atoms with Crippen LogP contribution in [0.3, 0.4) is 0 Å². The lowest BCUT2D eigenvalue weighted by Crippen LogP contribution is -2.35. The highest BCUT2D eigenvalue weighted by atomic mass is 32.3. The largest absolute Gasteiger partial charge is 0.418 e. The molecule has 3 heterocycles. The van der Waals surface area contributed by atoms with Gasteiger partial charge < -0.3 is 9.42 Å². The highest BCUT2D eigenvalue weighted by Gasteiger charge is 2.48. The summed E-state index contributed by atoms with van der Waals surface area (Å²) in [6.07, 6.45) is 2.23. The maximum absolute atomic E-state index is 12.0. The average molecular weight is 290 g/mol. The molecule has 0 radical (unpaired) electrons. The normalized spacial score (nSPS) is 27.1. The molecular weight excluding hydrogens is 280 g/mol. The molecule has 0 aromatic carbocycles. The molecule has 2 amide bonds. The molecule has 10 nitrogen and oxygen atoms in total. The van der Waals surface area contributed by atoms with E-state index in [0.29, 0.717) is 23.7 Å². The zero-order valence-corrected chi connectivity index (χ0v) is 10.4. The number of fused-ring (bicyclic) bond motifs is 2. The molecule has 2 fully saturated rings. The molecule has 0 unspecified atom stereocenters. The van der Waals surface area contributed by atoms with Gasteiger partial charge in [-0.1, -0.05) is 5.16 Å². The standard InChI is InChI=1S/C8H10N4O6S/c13-8-11-3-5(12(8)18-19(14,15)16)1-2-6(11)7-9-4-17-10-7/h4-6H,1-3H2,(H,14,15,16)/t5-,6+/m1/s1. The SMILES string of the molecule is O=C1N2C[C@@H](CC[C@H]2c2ncon2)N1OS(=O)(=O)O. The van der Waals surface area contributed by atoms with Gasteiger partial charge in [0.1, 0.15) is 0 Å². The Balaban J connectivity index is 1.84. The maximum Gasteiger partial charge on any atom is 0.418 e. The molecular formula is C8H10N4O6S.